The molecule has 3 rings (SSSR count). The molecule has 3 heterocycles. The molecule has 1 aliphatic heterocycles. The van der Waals surface area contributed by atoms with Crippen LogP contribution in [0.25, 0.3) is 0 Å². The molecule has 134 valence electrons. The van der Waals surface area contributed by atoms with Crippen LogP contribution in [0.2, 0.25) is 0 Å². The van der Waals surface area contributed by atoms with E-state index in [4.69, 9.17) is 18.7 Å². The Morgan fingerprint density at radius 2 is 2.20 bits per heavy atom. The van der Waals surface area contributed by atoms with E-state index in [2.05, 4.69) is 25.8 Å². The SMILES string of the molecule is COc1ccc(NC(=O)NCc2noc(C3CCCO3)n2)c(OC)n1. The number of hydrogen-bond acceptors (Lipinski definition) is 8. The lowest BCUT2D eigenvalue weighted by Crippen LogP contribution is -2.28. The van der Waals surface area contributed by atoms with Crippen LogP contribution in [0.1, 0.15) is 30.7 Å². The highest BCUT2D eigenvalue weighted by atomic mass is 16.5. The first-order valence-corrected chi connectivity index (χ1v) is 7.77. The highest BCUT2D eigenvalue weighted by Crippen LogP contribution is 2.27. The fourth-order valence-corrected chi connectivity index (χ4v) is 2.36. The van der Waals surface area contributed by atoms with Crippen LogP contribution in [0.3, 0.4) is 0 Å². The first kappa shape index (κ1) is 17.0. The minimum absolute atomic E-state index is 0.119. The van der Waals surface area contributed by atoms with Gasteiger partial charge in [0.1, 0.15) is 11.8 Å². The number of ether oxygens (including phenoxy) is 3. The molecular formula is C15H19N5O5. The number of amides is 2. The second-order valence-corrected chi connectivity index (χ2v) is 5.27. The molecule has 0 radical (unpaired) electrons. The van der Waals surface area contributed by atoms with E-state index in [9.17, 15) is 4.79 Å². The number of rotatable bonds is 6. The van der Waals surface area contributed by atoms with Crippen LogP contribution in [-0.4, -0.2) is 42.0 Å². The van der Waals surface area contributed by atoms with Gasteiger partial charge in [0.15, 0.2) is 5.82 Å². The number of anilines is 1. The van der Waals surface area contributed by atoms with Crippen LogP contribution in [0.15, 0.2) is 16.7 Å². The number of nitrogens with zero attached hydrogens (tertiary/aromatic N) is 3. The summed E-state index contributed by atoms with van der Waals surface area (Å²) in [6.07, 6.45) is 1.69. The van der Waals surface area contributed by atoms with E-state index < -0.39 is 6.03 Å². The molecule has 2 N–H and O–H groups in total. The Labute approximate surface area is 143 Å². The van der Waals surface area contributed by atoms with Crippen molar-refractivity contribution in [2.75, 3.05) is 26.1 Å². The summed E-state index contributed by atoms with van der Waals surface area (Å²) in [5, 5.41) is 9.12. The fraction of sp³-hybridized carbons (Fsp3) is 0.467. The number of hydrogen-bond donors (Lipinski definition) is 2. The van der Waals surface area contributed by atoms with Crippen LogP contribution in [0.4, 0.5) is 10.5 Å². The van der Waals surface area contributed by atoms with Gasteiger partial charge in [-0.3, -0.25) is 0 Å². The van der Waals surface area contributed by atoms with E-state index in [1.807, 2.05) is 0 Å². The maximum absolute atomic E-state index is 12.0. The molecular weight excluding hydrogens is 330 g/mol. The third-order valence-corrected chi connectivity index (χ3v) is 3.58. The molecule has 0 saturated carbocycles. The lowest BCUT2D eigenvalue weighted by molar-refractivity contribution is 0.0835. The largest absolute Gasteiger partial charge is 0.481 e. The second kappa shape index (κ2) is 7.79. The van der Waals surface area contributed by atoms with Gasteiger partial charge in [-0.25, -0.2) is 4.79 Å². The summed E-state index contributed by atoms with van der Waals surface area (Å²) in [6.45, 7) is 0.814. The van der Waals surface area contributed by atoms with Gasteiger partial charge in [-0.05, 0) is 18.9 Å². The Kier molecular flexibility index (Phi) is 5.29. The normalized spacial score (nSPS) is 16.5. The van der Waals surface area contributed by atoms with Gasteiger partial charge in [0.2, 0.25) is 11.8 Å². The van der Waals surface area contributed by atoms with Crippen molar-refractivity contribution in [2.24, 2.45) is 0 Å². The van der Waals surface area contributed by atoms with E-state index in [0.717, 1.165) is 12.8 Å². The van der Waals surface area contributed by atoms with E-state index in [-0.39, 0.29) is 18.5 Å². The molecule has 10 nitrogen and oxygen atoms in total. The average molecular weight is 349 g/mol. The minimum atomic E-state index is -0.450. The lowest BCUT2D eigenvalue weighted by Gasteiger charge is -2.10. The zero-order chi connectivity index (χ0) is 17.6. The zero-order valence-corrected chi connectivity index (χ0v) is 13.9. The van der Waals surface area contributed by atoms with Gasteiger partial charge in [-0.1, -0.05) is 5.16 Å². The second-order valence-electron chi connectivity index (χ2n) is 5.27. The highest BCUT2D eigenvalue weighted by Gasteiger charge is 2.23. The van der Waals surface area contributed by atoms with Crippen LogP contribution < -0.4 is 20.1 Å². The minimum Gasteiger partial charge on any atom is -0.481 e. The van der Waals surface area contributed by atoms with Crippen molar-refractivity contribution in [3.8, 4) is 11.8 Å². The summed E-state index contributed by atoms with van der Waals surface area (Å²) in [7, 11) is 2.95. The molecule has 0 bridgehead atoms. The molecule has 1 atom stereocenters. The summed E-state index contributed by atoms with van der Waals surface area (Å²) in [6, 6.07) is 2.80. The highest BCUT2D eigenvalue weighted by molar-refractivity contribution is 5.90. The Bertz CT molecular complexity index is 729. The van der Waals surface area contributed by atoms with E-state index >= 15 is 0 Å². The van der Waals surface area contributed by atoms with Crippen molar-refractivity contribution in [3.63, 3.8) is 0 Å². The topological polar surface area (TPSA) is 121 Å². The Morgan fingerprint density at radius 1 is 1.32 bits per heavy atom. The number of carbonyl (C=O) groups excluding carboxylic acids is 1. The number of aromatic nitrogens is 3. The summed E-state index contributed by atoms with van der Waals surface area (Å²) in [5.41, 5.74) is 0.411. The fourth-order valence-electron chi connectivity index (χ4n) is 2.36. The average Bonchev–Trinajstić information content (AvgIpc) is 3.31. The van der Waals surface area contributed by atoms with Gasteiger partial charge in [-0.2, -0.15) is 9.97 Å². The molecule has 2 aromatic heterocycles. The third kappa shape index (κ3) is 4.15. The molecule has 1 aliphatic rings. The molecule has 0 aromatic carbocycles. The number of nitrogens with one attached hydrogen (secondary N) is 2. The molecule has 1 unspecified atom stereocenters. The lowest BCUT2D eigenvalue weighted by atomic mass is 10.2. The van der Waals surface area contributed by atoms with E-state index in [1.54, 1.807) is 12.1 Å². The molecule has 0 spiro atoms. The summed E-state index contributed by atoms with van der Waals surface area (Å²) < 4.78 is 20.8. The Hall–Kier alpha value is -2.88. The van der Waals surface area contributed by atoms with E-state index in [1.165, 1.54) is 14.2 Å². The summed E-state index contributed by atoms with van der Waals surface area (Å²) in [5.74, 6) is 1.45. The molecule has 10 heteroatoms. The molecule has 2 aromatic rings. The molecule has 0 aliphatic carbocycles. The van der Waals surface area contributed by atoms with Crippen molar-refractivity contribution in [3.05, 3.63) is 23.8 Å². The maximum atomic E-state index is 12.0. The van der Waals surface area contributed by atoms with Crippen LogP contribution in [0.5, 0.6) is 11.8 Å². The van der Waals surface area contributed by atoms with Crippen molar-refractivity contribution >= 4 is 11.7 Å². The van der Waals surface area contributed by atoms with Crippen molar-refractivity contribution in [1.82, 2.24) is 20.4 Å². The van der Waals surface area contributed by atoms with Gasteiger partial charge in [0.05, 0.1) is 20.8 Å². The molecule has 2 amide bonds. The Balaban J connectivity index is 1.54. The standard InChI is InChI=1S/C15H19N5O5/c1-22-12-6-5-9(13(19-12)23-2)17-15(21)16-8-11-18-14(25-20-11)10-4-3-7-24-10/h5-6,10H,3-4,7-8H2,1-2H3,(H2,16,17,21). The summed E-state index contributed by atoms with van der Waals surface area (Å²) in [4.78, 5) is 20.3. The number of urea groups is 1. The quantitative estimate of drug-likeness (QED) is 0.807. The van der Waals surface area contributed by atoms with Gasteiger partial charge in [0.25, 0.3) is 5.89 Å². The van der Waals surface area contributed by atoms with Gasteiger partial charge < -0.3 is 29.4 Å². The predicted molar refractivity (Wildman–Crippen MR) is 85.4 cm³/mol. The number of methoxy groups -OCH3 is 2. The Morgan fingerprint density at radius 3 is 2.92 bits per heavy atom. The summed E-state index contributed by atoms with van der Waals surface area (Å²) >= 11 is 0. The van der Waals surface area contributed by atoms with E-state index in [0.29, 0.717) is 29.9 Å². The number of carbonyl (C=O) groups is 1. The third-order valence-electron chi connectivity index (χ3n) is 3.58. The van der Waals surface area contributed by atoms with Crippen LogP contribution >= 0.6 is 0 Å². The smallest absolute Gasteiger partial charge is 0.319 e. The molecule has 1 saturated heterocycles. The van der Waals surface area contributed by atoms with Gasteiger partial charge in [-0.15, -0.1) is 0 Å². The van der Waals surface area contributed by atoms with Crippen LogP contribution in [-0.2, 0) is 11.3 Å². The predicted octanol–water partition coefficient (Wildman–Crippen LogP) is 1.66. The molecule has 1 fully saturated rings. The van der Waals surface area contributed by atoms with Crippen molar-refractivity contribution in [2.45, 2.75) is 25.5 Å². The number of pyridine rings is 1. The van der Waals surface area contributed by atoms with Gasteiger partial charge >= 0.3 is 6.03 Å². The first-order valence-electron chi connectivity index (χ1n) is 7.77. The van der Waals surface area contributed by atoms with Crippen molar-refractivity contribution < 1.29 is 23.5 Å². The van der Waals surface area contributed by atoms with Crippen molar-refractivity contribution in [1.29, 1.82) is 0 Å². The maximum Gasteiger partial charge on any atom is 0.319 e. The van der Waals surface area contributed by atoms with Crippen LogP contribution in [0, 0.1) is 0 Å². The first-order chi connectivity index (χ1) is 12.2. The molecule has 25 heavy (non-hydrogen) atoms. The monoisotopic (exact) mass is 349 g/mol. The van der Waals surface area contributed by atoms with Gasteiger partial charge in [0, 0.05) is 12.7 Å². The zero-order valence-electron chi connectivity index (χ0n) is 13.9.